The van der Waals surface area contributed by atoms with Crippen LogP contribution in [-0.2, 0) is 4.79 Å². The maximum absolute atomic E-state index is 10.3. The third-order valence-electron chi connectivity index (χ3n) is 4.73. The highest BCUT2D eigenvalue weighted by atomic mass is 16.4. The predicted molar refractivity (Wildman–Crippen MR) is 106 cm³/mol. The van der Waals surface area contributed by atoms with E-state index in [1.54, 1.807) is 6.08 Å². The molecule has 2 nitrogen and oxygen atoms in total. The van der Waals surface area contributed by atoms with Gasteiger partial charge in [-0.2, -0.15) is 0 Å². The van der Waals surface area contributed by atoms with E-state index in [1.165, 1.54) is 109 Å². The van der Waals surface area contributed by atoms with Crippen molar-refractivity contribution in [3.05, 3.63) is 12.2 Å². The van der Waals surface area contributed by atoms with Gasteiger partial charge in [0.15, 0.2) is 0 Å². The van der Waals surface area contributed by atoms with E-state index in [2.05, 4.69) is 6.92 Å². The van der Waals surface area contributed by atoms with Crippen molar-refractivity contribution in [2.24, 2.45) is 0 Å². The number of unbranched alkanes of at least 4 members (excludes halogenated alkanes) is 17. The Bertz CT molecular complexity index is 284. The van der Waals surface area contributed by atoms with Gasteiger partial charge < -0.3 is 5.11 Å². The molecule has 0 rings (SSSR count). The molecule has 0 saturated carbocycles. The van der Waals surface area contributed by atoms with Crippen molar-refractivity contribution in [1.29, 1.82) is 0 Å². The first kappa shape index (κ1) is 23.2. The molecule has 1 N–H and O–H groups in total. The Kier molecular flexibility index (Phi) is 19.6. The number of rotatable bonds is 19. The van der Waals surface area contributed by atoms with Crippen LogP contribution >= 0.6 is 0 Å². The summed E-state index contributed by atoms with van der Waals surface area (Å²) in [6, 6.07) is 0. The number of aliphatic carboxylic acids is 1. The summed E-state index contributed by atoms with van der Waals surface area (Å²) in [7, 11) is 0. The van der Waals surface area contributed by atoms with E-state index in [9.17, 15) is 4.79 Å². The summed E-state index contributed by atoms with van der Waals surface area (Å²) >= 11 is 0. The molecule has 142 valence electrons. The molecule has 0 aliphatic carbocycles. The summed E-state index contributed by atoms with van der Waals surface area (Å²) in [5.74, 6) is -0.832. The van der Waals surface area contributed by atoms with Crippen molar-refractivity contribution >= 4 is 5.97 Å². The van der Waals surface area contributed by atoms with Crippen molar-refractivity contribution in [1.82, 2.24) is 0 Å². The second-order valence-electron chi connectivity index (χ2n) is 7.19. The zero-order chi connectivity index (χ0) is 17.7. The van der Waals surface area contributed by atoms with E-state index in [-0.39, 0.29) is 0 Å². The highest BCUT2D eigenvalue weighted by molar-refractivity contribution is 5.79. The van der Waals surface area contributed by atoms with E-state index in [4.69, 9.17) is 5.11 Å². The molecule has 0 amide bonds. The summed E-state index contributed by atoms with van der Waals surface area (Å²) in [5, 5.41) is 8.47. The molecule has 0 atom stereocenters. The second kappa shape index (κ2) is 20.3. The molecule has 0 aromatic carbocycles. The molecule has 0 aromatic rings. The largest absolute Gasteiger partial charge is 0.478 e. The standard InChI is InChI=1S/C22H42O2/c1-2-3-4-5-6-7-8-9-10-11-12-13-14-15-16-17-18-19-20-21-22(23)24/h20-21H,2-19H2,1H3,(H,23,24)/b21-20+. The van der Waals surface area contributed by atoms with Gasteiger partial charge >= 0.3 is 5.97 Å². The third-order valence-corrected chi connectivity index (χ3v) is 4.73. The molecule has 0 radical (unpaired) electrons. The van der Waals surface area contributed by atoms with Crippen molar-refractivity contribution < 1.29 is 9.90 Å². The molecule has 0 aromatic heterocycles. The molecule has 0 fully saturated rings. The van der Waals surface area contributed by atoms with Gasteiger partial charge in [-0.3, -0.25) is 0 Å². The molecule has 0 aliphatic rings. The van der Waals surface area contributed by atoms with Gasteiger partial charge in [-0.05, 0) is 12.8 Å². The Labute approximate surface area is 151 Å². The van der Waals surface area contributed by atoms with Crippen LogP contribution in [0.1, 0.15) is 122 Å². The second-order valence-corrected chi connectivity index (χ2v) is 7.19. The van der Waals surface area contributed by atoms with E-state index >= 15 is 0 Å². The lowest BCUT2D eigenvalue weighted by Crippen LogP contribution is -1.86. The summed E-state index contributed by atoms with van der Waals surface area (Å²) in [6.45, 7) is 2.28. The Morgan fingerprint density at radius 2 is 0.958 bits per heavy atom. The van der Waals surface area contributed by atoms with E-state index in [0.717, 1.165) is 12.8 Å². The molecule has 0 saturated heterocycles. The molecule has 0 heterocycles. The fraction of sp³-hybridized carbons (Fsp3) is 0.864. The Hall–Kier alpha value is -0.790. The Balaban J connectivity index is 3.01. The van der Waals surface area contributed by atoms with Crippen molar-refractivity contribution in [3.8, 4) is 0 Å². The van der Waals surface area contributed by atoms with Crippen LogP contribution in [0.25, 0.3) is 0 Å². The van der Waals surface area contributed by atoms with Gasteiger partial charge in [-0.25, -0.2) is 4.79 Å². The van der Waals surface area contributed by atoms with Gasteiger partial charge in [0.25, 0.3) is 0 Å². The SMILES string of the molecule is CCCCCCCCCCCCCCCCCCC/C=C/C(=O)O. The zero-order valence-corrected chi connectivity index (χ0v) is 16.2. The summed E-state index contributed by atoms with van der Waals surface area (Å²) in [4.78, 5) is 10.3. The fourth-order valence-electron chi connectivity index (χ4n) is 3.17. The van der Waals surface area contributed by atoms with Crippen LogP contribution < -0.4 is 0 Å². The topological polar surface area (TPSA) is 37.3 Å². The molecule has 2 heteroatoms. The number of allylic oxidation sites excluding steroid dienone is 1. The van der Waals surface area contributed by atoms with Gasteiger partial charge in [0.1, 0.15) is 0 Å². The third kappa shape index (κ3) is 21.2. The van der Waals surface area contributed by atoms with Crippen LogP contribution in [0.2, 0.25) is 0 Å². The van der Waals surface area contributed by atoms with Crippen LogP contribution in [0, 0.1) is 0 Å². The first-order chi connectivity index (χ1) is 11.8. The smallest absolute Gasteiger partial charge is 0.327 e. The maximum atomic E-state index is 10.3. The Morgan fingerprint density at radius 1 is 0.625 bits per heavy atom. The lowest BCUT2D eigenvalue weighted by molar-refractivity contribution is -0.131. The minimum Gasteiger partial charge on any atom is -0.478 e. The van der Waals surface area contributed by atoms with Crippen molar-refractivity contribution in [2.45, 2.75) is 122 Å². The Morgan fingerprint density at radius 3 is 1.29 bits per heavy atom. The van der Waals surface area contributed by atoms with Crippen LogP contribution in [0.4, 0.5) is 0 Å². The average Bonchev–Trinajstić information content (AvgIpc) is 2.56. The number of carbonyl (C=O) groups is 1. The molecular weight excluding hydrogens is 296 g/mol. The van der Waals surface area contributed by atoms with Crippen LogP contribution in [-0.4, -0.2) is 11.1 Å². The summed E-state index contributed by atoms with van der Waals surface area (Å²) < 4.78 is 0. The minimum atomic E-state index is -0.832. The molecular formula is C22H42O2. The summed E-state index contributed by atoms with van der Waals surface area (Å²) in [6.07, 6.45) is 27.5. The van der Waals surface area contributed by atoms with Crippen LogP contribution in [0.15, 0.2) is 12.2 Å². The summed E-state index contributed by atoms with van der Waals surface area (Å²) in [5.41, 5.74) is 0. The molecule has 0 aliphatic heterocycles. The first-order valence-corrected chi connectivity index (χ1v) is 10.7. The molecule has 0 bridgehead atoms. The number of hydrogen-bond acceptors (Lipinski definition) is 1. The van der Waals surface area contributed by atoms with E-state index < -0.39 is 5.97 Å². The lowest BCUT2D eigenvalue weighted by atomic mass is 10.0. The normalized spacial score (nSPS) is 11.4. The van der Waals surface area contributed by atoms with Gasteiger partial charge in [0, 0.05) is 6.08 Å². The van der Waals surface area contributed by atoms with Gasteiger partial charge in [0.05, 0.1) is 0 Å². The van der Waals surface area contributed by atoms with Crippen molar-refractivity contribution in [3.63, 3.8) is 0 Å². The maximum Gasteiger partial charge on any atom is 0.327 e. The minimum absolute atomic E-state index is 0.832. The average molecular weight is 339 g/mol. The molecule has 24 heavy (non-hydrogen) atoms. The van der Waals surface area contributed by atoms with Gasteiger partial charge in [-0.15, -0.1) is 0 Å². The number of hydrogen-bond donors (Lipinski definition) is 1. The van der Waals surface area contributed by atoms with Crippen LogP contribution in [0.3, 0.4) is 0 Å². The lowest BCUT2D eigenvalue weighted by Gasteiger charge is -2.03. The number of carboxylic acids is 1. The molecule has 0 spiro atoms. The zero-order valence-electron chi connectivity index (χ0n) is 16.2. The molecule has 0 unspecified atom stereocenters. The van der Waals surface area contributed by atoms with Gasteiger partial charge in [0.2, 0.25) is 0 Å². The number of carboxylic acid groups (broad SMARTS) is 1. The quantitative estimate of drug-likeness (QED) is 0.194. The predicted octanol–water partition coefficient (Wildman–Crippen LogP) is 7.67. The van der Waals surface area contributed by atoms with E-state index in [1.807, 2.05) is 0 Å². The first-order valence-electron chi connectivity index (χ1n) is 10.7. The van der Waals surface area contributed by atoms with E-state index in [0.29, 0.717) is 0 Å². The monoisotopic (exact) mass is 338 g/mol. The van der Waals surface area contributed by atoms with Crippen LogP contribution in [0.5, 0.6) is 0 Å². The fourth-order valence-corrected chi connectivity index (χ4v) is 3.17. The van der Waals surface area contributed by atoms with Crippen molar-refractivity contribution in [2.75, 3.05) is 0 Å². The van der Waals surface area contributed by atoms with Gasteiger partial charge in [-0.1, -0.05) is 116 Å². The highest BCUT2D eigenvalue weighted by Crippen LogP contribution is 2.14. The highest BCUT2D eigenvalue weighted by Gasteiger charge is 1.94.